The van der Waals surface area contributed by atoms with Crippen molar-refractivity contribution in [3.05, 3.63) is 6.33 Å². The number of halogens is 1. The average molecular weight is 685 g/mol. The normalized spacial score (nSPS) is 23.9. The number of alkyl halides is 1. The van der Waals surface area contributed by atoms with Crippen LogP contribution in [0.25, 0.3) is 11.2 Å². The fourth-order valence-electron chi connectivity index (χ4n) is 3.90. The van der Waals surface area contributed by atoms with Crippen LogP contribution in [-0.2, 0) is 35.1 Å². The van der Waals surface area contributed by atoms with Crippen LogP contribution in [0.2, 0.25) is 0 Å². The fraction of sp³-hybridized carbons (Fsp3) is 0.760. The van der Waals surface area contributed by atoms with Gasteiger partial charge in [-0.2, -0.15) is 9.97 Å². The number of imidazole rings is 1. The zero-order valence-corrected chi connectivity index (χ0v) is 28.6. The molecule has 0 spiro atoms. The van der Waals surface area contributed by atoms with E-state index in [-0.39, 0.29) is 36.3 Å². The largest absolute Gasteiger partial charge is 0.476 e. The lowest BCUT2D eigenvalue weighted by Gasteiger charge is -2.30. The van der Waals surface area contributed by atoms with Crippen molar-refractivity contribution in [2.45, 2.75) is 90.7 Å². The van der Waals surface area contributed by atoms with Crippen LogP contribution in [0.3, 0.4) is 0 Å². The first-order valence-corrected chi connectivity index (χ1v) is 17.9. The fourth-order valence-corrected chi connectivity index (χ4v) is 7.58. The Morgan fingerprint density at radius 3 is 2.65 bits per heavy atom. The van der Waals surface area contributed by atoms with Crippen molar-refractivity contribution in [2.24, 2.45) is 5.41 Å². The monoisotopic (exact) mass is 684 g/mol. The van der Waals surface area contributed by atoms with Crippen LogP contribution in [-0.4, -0.2) is 96.4 Å². The third kappa shape index (κ3) is 9.66. The minimum Gasteiger partial charge on any atom is -0.476 e. The second-order valence-corrected chi connectivity index (χ2v) is 15.9. The summed E-state index contributed by atoms with van der Waals surface area (Å²) in [5.41, 5.74) is 6.07. The molecule has 0 bridgehead atoms. The van der Waals surface area contributed by atoms with Gasteiger partial charge in [0.1, 0.15) is 17.6 Å². The van der Waals surface area contributed by atoms with Crippen LogP contribution in [0, 0.1) is 5.41 Å². The number of anilines is 1. The van der Waals surface area contributed by atoms with E-state index in [1.54, 1.807) is 32.3 Å². The number of nitrogens with zero attached hydrogens (tertiary/aromatic N) is 4. The zero-order valence-electron chi connectivity index (χ0n) is 25.3. The Labute approximate surface area is 265 Å². The van der Waals surface area contributed by atoms with Crippen LogP contribution in [0.5, 0.6) is 5.88 Å². The smallest absolute Gasteiger partial charge is 0.261 e. The molecule has 244 valence electrons. The zero-order chi connectivity index (χ0) is 32.1. The maximum absolute atomic E-state index is 12.3. The number of aliphatic hydroxyl groups excluding tert-OH is 2. The molecule has 1 aliphatic rings. The Kier molecular flexibility index (Phi) is 13.0. The number of hydrogen-bond acceptors (Lipinski definition) is 14. The number of thioether (sulfide) groups is 1. The summed E-state index contributed by atoms with van der Waals surface area (Å²) in [7, 11) is 0. The molecule has 0 aromatic carbocycles. The van der Waals surface area contributed by atoms with Gasteiger partial charge >= 0.3 is 0 Å². The van der Waals surface area contributed by atoms with E-state index < -0.39 is 48.2 Å². The molecule has 18 heteroatoms. The Morgan fingerprint density at radius 2 is 2.02 bits per heavy atom. The third-order valence-corrected chi connectivity index (χ3v) is 10.5. The summed E-state index contributed by atoms with van der Waals surface area (Å²) in [6.07, 6.45) is -2.92. The van der Waals surface area contributed by atoms with E-state index >= 15 is 0 Å². The maximum atomic E-state index is 12.3. The highest BCUT2D eigenvalue weighted by Gasteiger charge is 2.45. The highest BCUT2D eigenvalue weighted by molar-refractivity contribution is 8.13. The molecule has 3 heterocycles. The number of rotatable bonds is 15. The molecule has 0 aliphatic carbocycles. The summed E-state index contributed by atoms with van der Waals surface area (Å²) in [5, 5.41) is 23.6. The van der Waals surface area contributed by atoms with E-state index in [9.17, 15) is 15.0 Å². The highest BCUT2D eigenvalue weighted by Crippen LogP contribution is 2.47. The van der Waals surface area contributed by atoms with Gasteiger partial charge in [-0.3, -0.25) is 9.36 Å². The summed E-state index contributed by atoms with van der Waals surface area (Å²) in [5.74, 6) is 0.541. The predicted octanol–water partition coefficient (Wildman–Crippen LogP) is 2.96. The molecule has 1 fully saturated rings. The number of hydrogen-bond donors (Lipinski definition) is 4. The Morgan fingerprint density at radius 1 is 1.33 bits per heavy atom. The first-order chi connectivity index (χ1) is 20.1. The number of nitrogens with one attached hydrogen (secondary N) is 1. The Bertz CT molecular complexity index is 1280. The molecular weight excluding hydrogens is 643 g/mol. The van der Waals surface area contributed by atoms with Gasteiger partial charge in [-0.25, -0.2) is 10.1 Å². The summed E-state index contributed by atoms with van der Waals surface area (Å²) < 4.78 is 30.7. The number of carbonyl (C=O) groups excluding carboxylic acids is 1. The molecule has 0 amide bonds. The van der Waals surface area contributed by atoms with Gasteiger partial charge in [0.2, 0.25) is 11.8 Å². The first-order valence-electron chi connectivity index (χ1n) is 13.8. The number of aliphatic hydroxyl groups is 2. The van der Waals surface area contributed by atoms with Crippen LogP contribution < -0.4 is 15.6 Å². The van der Waals surface area contributed by atoms with Crippen LogP contribution in [0.15, 0.2) is 6.33 Å². The summed E-state index contributed by atoms with van der Waals surface area (Å²) in [6, 6.07) is -0.665. The molecule has 5 N–H and O–H groups in total. The van der Waals surface area contributed by atoms with Crippen LogP contribution in [0.1, 0.15) is 54.7 Å². The van der Waals surface area contributed by atoms with Gasteiger partial charge in [-0.15, -0.1) is 11.6 Å². The van der Waals surface area contributed by atoms with Gasteiger partial charge in [0.25, 0.3) is 6.64 Å². The third-order valence-electron chi connectivity index (χ3n) is 6.06. The van der Waals surface area contributed by atoms with E-state index in [2.05, 4.69) is 20.0 Å². The quantitative estimate of drug-likeness (QED) is 0.0928. The van der Waals surface area contributed by atoms with Gasteiger partial charge in [0, 0.05) is 11.2 Å². The molecule has 2 aromatic rings. The number of aromatic nitrogens is 4. The van der Waals surface area contributed by atoms with Gasteiger partial charge < -0.3 is 39.2 Å². The highest BCUT2D eigenvalue weighted by atomic mass is 35.5. The minimum atomic E-state index is -3.30. The van der Waals surface area contributed by atoms with Gasteiger partial charge in [-0.05, 0) is 39.5 Å². The second kappa shape index (κ2) is 15.4. The average Bonchev–Trinajstić information content (AvgIpc) is 3.45. The van der Waals surface area contributed by atoms with Gasteiger partial charge in [-0.1, -0.05) is 32.5 Å². The minimum absolute atomic E-state index is 0.0153. The maximum Gasteiger partial charge on any atom is 0.261 e. The van der Waals surface area contributed by atoms with Crippen molar-refractivity contribution >= 4 is 64.0 Å². The molecule has 1 saturated heterocycles. The molecular formula is C25H42ClN6O8PS2. The topological polar surface area (TPSA) is 185 Å². The van der Waals surface area contributed by atoms with E-state index in [0.29, 0.717) is 23.5 Å². The SMILES string of the molecule is CCOc1nc(N)nc2c1ncn2C1OC(COP(=S)(NC(C)C(O)OC(C)C)OCCSC(=O)C(C)(C)C)C(O)C1Cl. The lowest BCUT2D eigenvalue weighted by Crippen LogP contribution is -2.40. The summed E-state index contributed by atoms with van der Waals surface area (Å²) in [4.78, 5) is 25.0. The summed E-state index contributed by atoms with van der Waals surface area (Å²) in [6.45, 7) is 9.55. The molecule has 0 saturated carbocycles. The van der Waals surface area contributed by atoms with Gasteiger partial charge in [0.05, 0.1) is 38.3 Å². The van der Waals surface area contributed by atoms with Crippen molar-refractivity contribution < 1.29 is 38.3 Å². The number of carbonyl (C=O) groups is 1. The number of fused-ring (bicyclic) bond motifs is 1. The number of ether oxygens (including phenoxy) is 3. The van der Waals surface area contributed by atoms with E-state index in [1.165, 1.54) is 6.33 Å². The summed E-state index contributed by atoms with van der Waals surface area (Å²) >= 11 is 13.5. The standard InChI is InChI=1S/C25H42ClN6O8PS2/c1-8-36-20-17-19(29-24(27)30-20)32(12-28-17)21-16(26)18(33)15(40-21)11-38-41(42,31-14(4)22(34)39-13(2)3)37-9-10-43-23(35)25(5,6)7/h12-16,18,21-22,33-34H,8-11H2,1-7H3,(H,31,42)(H2,27,29,30). The van der Waals surface area contributed by atoms with Crippen molar-refractivity contribution in [3.8, 4) is 5.88 Å². The van der Waals surface area contributed by atoms with Crippen LogP contribution >= 0.6 is 30.0 Å². The lowest BCUT2D eigenvalue weighted by atomic mass is 10.00. The molecule has 14 nitrogen and oxygen atoms in total. The molecule has 7 atom stereocenters. The van der Waals surface area contributed by atoms with E-state index in [0.717, 1.165) is 11.8 Å². The molecule has 43 heavy (non-hydrogen) atoms. The number of nitrogen functional groups attached to an aromatic ring is 1. The van der Waals surface area contributed by atoms with Crippen LogP contribution in [0.4, 0.5) is 5.95 Å². The molecule has 3 rings (SSSR count). The second-order valence-electron chi connectivity index (χ2n) is 11.1. The Balaban J connectivity index is 1.74. The molecule has 1 aliphatic heterocycles. The van der Waals surface area contributed by atoms with E-state index in [1.807, 2.05) is 20.8 Å². The lowest BCUT2D eigenvalue weighted by molar-refractivity contribution is -0.137. The van der Waals surface area contributed by atoms with Crippen molar-refractivity contribution in [2.75, 3.05) is 31.3 Å². The predicted molar refractivity (Wildman–Crippen MR) is 168 cm³/mol. The van der Waals surface area contributed by atoms with Crippen molar-refractivity contribution in [3.63, 3.8) is 0 Å². The Hall–Kier alpha value is -1.17. The van der Waals surface area contributed by atoms with Gasteiger partial charge in [0.15, 0.2) is 28.8 Å². The first kappa shape index (κ1) is 36.3. The van der Waals surface area contributed by atoms with Crippen molar-refractivity contribution in [1.82, 2.24) is 24.6 Å². The van der Waals surface area contributed by atoms with E-state index in [4.69, 9.17) is 52.4 Å². The van der Waals surface area contributed by atoms with Crippen molar-refractivity contribution in [1.29, 1.82) is 0 Å². The molecule has 0 radical (unpaired) electrons. The molecule has 7 unspecified atom stereocenters. The number of nitrogens with two attached hydrogens (primary N) is 1. The molecule has 2 aromatic heterocycles.